The number of aromatic nitrogens is 2. The summed E-state index contributed by atoms with van der Waals surface area (Å²) in [7, 11) is -1.09. The van der Waals surface area contributed by atoms with Crippen LogP contribution in [0.25, 0.3) is 5.69 Å². The van der Waals surface area contributed by atoms with E-state index in [0.717, 1.165) is 16.4 Å². The summed E-state index contributed by atoms with van der Waals surface area (Å²) in [5, 5.41) is 6.47. The van der Waals surface area contributed by atoms with Crippen LogP contribution in [-0.2, 0) is 16.2 Å². The molecule has 0 saturated carbocycles. The van der Waals surface area contributed by atoms with Crippen LogP contribution in [0.4, 0.5) is 18.9 Å². The third-order valence-electron chi connectivity index (χ3n) is 4.56. The number of hydrogen-bond donors (Lipinski definition) is 1. The number of nitrogens with one attached hydrogen (secondary N) is 1. The minimum absolute atomic E-state index is 0.0201. The van der Waals surface area contributed by atoms with Gasteiger partial charge in [-0.1, -0.05) is 6.07 Å². The predicted octanol–water partition coefficient (Wildman–Crippen LogP) is 3.70. The van der Waals surface area contributed by atoms with Crippen molar-refractivity contribution in [3.8, 4) is 5.69 Å². The van der Waals surface area contributed by atoms with Gasteiger partial charge >= 0.3 is 6.18 Å². The van der Waals surface area contributed by atoms with Crippen LogP contribution in [0.15, 0.2) is 59.8 Å². The number of benzene rings is 2. The molecule has 164 valence electrons. The highest BCUT2D eigenvalue weighted by atomic mass is 32.2. The summed E-state index contributed by atoms with van der Waals surface area (Å²) in [6.45, 7) is 1.60. The van der Waals surface area contributed by atoms with Gasteiger partial charge in [-0.25, -0.2) is 17.4 Å². The fraction of sp³-hybridized carbons (Fsp3) is 0.200. The number of halogens is 3. The maximum Gasteiger partial charge on any atom is 0.416 e. The normalized spacial score (nSPS) is 12.2. The second kappa shape index (κ2) is 8.16. The highest BCUT2D eigenvalue weighted by Gasteiger charge is 2.31. The lowest BCUT2D eigenvalue weighted by Crippen LogP contribution is -2.23. The highest BCUT2D eigenvalue weighted by molar-refractivity contribution is 7.89. The number of sulfonamides is 1. The molecule has 0 bridgehead atoms. The molecule has 0 radical (unpaired) electrons. The fourth-order valence-corrected chi connectivity index (χ4v) is 3.76. The summed E-state index contributed by atoms with van der Waals surface area (Å²) >= 11 is 0. The molecular weight excluding hydrogens is 433 g/mol. The van der Waals surface area contributed by atoms with Crippen LogP contribution in [0.2, 0.25) is 0 Å². The van der Waals surface area contributed by atoms with E-state index in [1.54, 1.807) is 13.0 Å². The second-order valence-corrected chi connectivity index (χ2v) is 9.05. The van der Waals surface area contributed by atoms with E-state index in [-0.39, 0.29) is 21.8 Å². The van der Waals surface area contributed by atoms with Crippen LogP contribution in [0.1, 0.15) is 21.5 Å². The number of rotatable bonds is 5. The Labute approximate surface area is 177 Å². The first-order valence-corrected chi connectivity index (χ1v) is 10.4. The number of carbonyl (C=O) groups excluding carboxylic acids is 1. The number of amides is 1. The van der Waals surface area contributed by atoms with Crippen molar-refractivity contribution < 1.29 is 26.4 Å². The summed E-state index contributed by atoms with van der Waals surface area (Å²) in [5.74, 6) is -0.749. The molecule has 3 rings (SSSR count). The number of alkyl halides is 3. The summed E-state index contributed by atoms with van der Waals surface area (Å²) in [4.78, 5) is 12.8. The van der Waals surface area contributed by atoms with Crippen LogP contribution < -0.4 is 5.32 Å². The molecule has 31 heavy (non-hydrogen) atoms. The SMILES string of the molecule is Cc1ccc(S(=O)(=O)N(C)C)cc1C(=O)Nc1cc(C(F)(F)F)ccc1-n1cccn1. The van der Waals surface area contributed by atoms with Gasteiger partial charge in [0.15, 0.2) is 0 Å². The zero-order chi connectivity index (χ0) is 23.0. The van der Waals surface area contributed by atoms with E-state index in [0.29, 0.717) is 5.56 Å². The standard InChI is InChI=1S/C20H19F3N4O3S/c1-13-5-7-15(31(29,30)26(2)3)12-16(13)19(28)25-17-11-14(20(21,22)23)6-8-18(17)27-10-4-9-24-27/h4-12H,1-3H3,(H,25,28). The monoisotopic (exact) mass is 452 g/mol. The largest absolute Gasteiger partial charge is 0.416 e. The van der Waals surface area contributed by atoms with E-state index in [4.69, 9.17) is 0 Å². The van der Waals surface area contributed by atoms with Crippen molar-refractivity contribution in [1.82, 2.24) is 14.1 Å². The van der Waals surface area contributed by atoms with Crippen molar-refractivity contribution >= 4 is 21.6 Å². The lowest BCUT2D eigenvalue weighted by molar-refractivity contribution is -0.137. The Morgan fingerprint density at radius 3 is 2.42 bits per heavy atom. The number of anilines is 1. The Kier molecular flexibility index (Phi) is 5.92. The van der Waals surface area contributed by atoms with Crippen molar-refractivity contribution in [3.05, 3.63) is 71.5 Å². The third kappa shape index (κ3) is 4.62. The Hall–Kier alpha value is -3.18. The molecule has 0 saturated heterocycles. The Morgan fingerprint density at radius 1 is 1.13 bits per heavy atom. The van der Waals surface area contributed by atoms with Crippen molar-refractivity contribution in [3.63, 3.8) is 0 Å². The molecule has 1 heterocycles. The van der Waals surface area contributed by atoms with Gasteiger partial charge in [-0.15, -0.1) is 0 Å². The number of aryl methyl sites for hydroxylation is 1. The summed E-state index contributed by atoms with van der Waals surface area (Å²) in [6, 6.07) is 8.51. The average molecular weight is 452 g/mol. The van der Waals surface area contributed by atoms with Crippen molar-refractivity contribution in [2.75, 3.05) is 19.4 Å². The van der Waals surface area contributed by atoms with Gasteiger partial charge in [0.05, 0.1) is 21.8 Å². The van der Waals surface area contributed by atoms with Crippen LogP contribution in [0, 0.1) is 6.92 Å². The fourth-order valence-electron chi connectivity index (χ4n) is 2.83. The quantitative estimate of drug-likeness (QED) is 0.640. The van der Waals surface area contributed by atoms with Gasteiger partial charge in [0.2, 0.25) is 10.0 Å². The molecule has 7 nitrogen and oxygen atoms in total. The molecular formula is C20H19F3N4O3S. The number of carbonyl (C=O) groups is 1. The predicted molar refractivity (Wildman–Crippen MR) is 109 cm³/mol. The van der Waals surface area contributed by atoms with E-state index in [1.165, 1.54) is 55.4 Å². The molecule has 3 aromatic rings. The molecule has 0 atom stereocenters. The first kappa shape index (κ1) is 22.5. The van der Waals surface area contributed by atoms with Crippen LogP contribution >= 0.6 is 0 Å². The molecule has 0 fully saturated rings. The van der Waals surface area contributed by atoms with E-state index < -0.39 is 27.7 Å². The number of nitrogens with zero attached hydrogens (tertiary/aromatic N) is 3. The van der Waals surface area contributed by atoms with Gasteiger partial charge in [0, 0.05) is 32.1 Å². The Morgan fingerprint density at radius 2 is 1.84 bits per heavy atom. The van der Waals surface area contributed by atoms with E-state index in [2.05, 4.69) is 10.4 Å². The Balaban J connectivity index is 2.06. The van der Waals surface area contributed by atoms with E-state index >= 15 is 0 Å². The van der Waals surface area contributed by atoms with Gasteiger partial charge in [0.25, 0.3) is 5.91 Å². The zero-order valence-electron chi connectivity index (χ0n) is 16.8. The van der Waals surface area contributed by atoms with Crippen molar-refractivity contribution in [1.29, 1.82) is 0 Å². The molecule has 0 unspecified atom stereocenters. The Bertz CT molecular complexity index is 1220. The topological polar surface area (TPSA) is 84.3 Å². The molecule has 1 amide bonds. The minimum Gasteiger partial charge on any atom is -0.320 e. The molecule has 11 heteroatoms. The zero-order valence-corrected chi connectivity index (χ0v) is 17.6. The summed E-state index contributed by atoms with van der Waals surface area (Å²) < 4.78 is 66.8. The van der Waals surface area contributed by atoms with Gasteiger partial charge in [-0.3, -0.25) is 4.79 Å². The van der Waals surface area contributed by atoms with Gasteiger partial charge in [-0.2, -0.15) is 18.3 Å². The van der Waals surface area contributed by atoms with Crippen molar-refractivity contribution in [2.24, 2.45) is 0 Å². The molecule has 0 spiro atoms. The smallest absolute Gasteiger partial charge is 0.320 e. The molecule has 1 aromatic heterocycles. The number of hydrogen-bond acceptors (Lipinski definition) is 4. The van der Waals surface area contributed by atoms with Crippen LogP contribution in [0.5, 0.6) is 0 Å². The highest BCUT2D eigenvalue weighted by Crippen LogP contribution is 2.33. The van der Waals surface area contributed by atoms with Gasteiger partial charge in [0.1, 0.15) is 0 Å². The average Bonchev–Trinajstić information content (AvgIpc) is 3.21. The van der Waals surface area contributed by atoms with Crippen LogP contribution in [-0.4, -0.2) is 42.5 Å². The molecule has 0 aliphatic rings. The molecule has 2 aromatic carbocycles. The molecule has 0 aliphatic carbocycles. The second-order valence-electron chi connectivity index (χ2n) is 6.90. The van der Waals surface area contributed by atoms with E-state index in [1.807, 2.05) is 0 Å². The minimum atomic E-state index is -4.61. The van der Waals surface area contributed by atoms with Crippen LogP contribution in [0.3, 0.4) is 0 Å². The maximum atomic E-state index is 13.2. The van der Waals surface area contributed by atoms with Crippen molar-refractivity contribution in [2.45, 2.75) is 18.0 Å². The van der Waals surface area contributed by atoms with Gasteiger partial charge in [-0.05, 0) is 48.9 Å². The summed E-state index contributed by atoms with van der Waals surface area (Å²) in [5.41, 5.74) is -0.362. The van der Waals surface area contributed by atoms with E-state index in [9.17, 15) is 26.4 Å². The van der Waals surface area contributed by atoms with Gasteiger partial charge < -0.3 is 5.32 Å². The summed E-state index contributed by atoms with van der Waals surface area (Å²) in [6.07, 6.45) is -1.64. The lowest BCUT2D eigenvalue weighted by atomic mass is 10.1. The molecule has 1 N–H and O–H groups in total. The maximum absolute atomic E-state index is 13.2. The first-order valence-electron chi connectivity index (χ1n) is 8.97. The lowest BCUT2D eigenvalue weighted by Gasteiger charge is -2.16. The molecule has 0 aliphatic heterocycles. The first-order chi connectivity index (χ1) is 14.4. The third-order valence-corrected chi connectivity index (χ3v) is 6.37.